The Morgan fingerprint density at radius 2 is 1.96 bits per heavy atom. The van der Waals surface area contributed by atoms with Crippen LogP contribution in [0.3, 0.4) is 0 Å². The third kappa shape index (κ3) is 4.07. The van der Waals surface area contributed by atoms with Crippen molar-refractivity contribution in [3.05, 3.63) is 68.5 Å². The highest BCUT2D eigenvalue weighted by Crippen LogP contribution is 2.32. The minimum atomic E-state index is -0.206. The summed E-state index contributed by atoms with van der Waals surface area (Å²) in [5.41, 5.74) is 2.81. The fourth-order valence-corrected chi connectivity index (χ4v) is 3.75. The third-order valence-electron chi connectivity index (χ3n) is 3.64. The van der Waals surface area contributed by atoms with Gasteiger partial charge in [0, 0.05) is 15.7 Å². The lowest BCUT2D eigenvalue weighted by Gasteiger charge is -2.12. The first-order valence-corrected chi connectivity index (χ1v) is 9.18. The summed E-state index contributed by atoms with van der Waals surface area (Å²) in [7, 11) is 0. The Hall–Kier alpha value is -1.62. The Bertz CT molecular complexity index is 790. The maximum absolute atomic E-state index is 12.1. The van der Waals surface area contributed by atoms with Gasteiger partial charge in [-0.15, -0.1) is 0 Å². The predicted molar refractivity (Wildman–Crippen MR) is 103 cm³/mol. The lowest BCUT2D eigenvalue weighted by Crippen LogP contribution is -2.30. The molecule has 2 aromatic rings. The van der Waals surface area contributed by atoms with Crippen molar-refractivity contribution >= 4 is 52.6 Å². The molecule has 1 fully saturated rings. The summed E-state index contributed by atoms with van der Waals surface area (Å²) in [4.78, 5) is 12.8. The van der Waals surface area contributed by atoms with E-state index in [9.17, 15) is 4.79 Å². The summed E-state index contributed by atoms with van der Waals surface area (Å²) < 4.78 is 0. The Balaban J connectivity index is 1.71. The molecule has 1 unspecified atom stereocenters. The number of hydrogen-bond donors (Lipinski definition) is 2. The molecular formula is C18H16Cl2N2OS. The van der Waals surface area contributed by atoms with E-state index in [1.54, 1.807) is 24.3 Å². The van der Waals surface area contributed by atoms with Gasteiger partial charge in [0.1, 0.15) is 0 Å². The molecule has 2 aromatic carbocycles. The minimum Gasteiger partial charge on any atom is -0.357 e. The van der Waals surface area contributed by atoms with E-state index in [2.05, 4.69) is 29.7 Å². The van der Waals surface area contributed by atoms with E-state index in [1.807, 2.05) is 12.1 Å². The summed E-state index contributed by atoms with van der Waals surface area (Å²) in [6.45, 7) is 2.12. The molecule has 24 heavy (non-hydrogen) atoms. The number of halogens is 2. The molecule has 0 spiro atoms. The van der Waals surface area contributed by atoms with Crippen molar-refractivity contribution in [1.29, 1.82) is 0 Å². The second kappa shape index (κ2) is 7.51. The molecule has 2 N–H and O–H groups in total. The highest BCUT2D eigenvalue weighted by atomic mass is 35.5. The van der Waals surface area contributed by atoms with Crippen LogP contribution in [0.15, 0.2) is 47.4 Å². The minimum absolute atomic E-state index is 0.117. The second-order valence-electron chi connectivity index (χ2n) is 5.34. The number of hydrogen-bond acceptors (Lipinski definition) is 3. The predicted octanol–water partition coefficient (Wildman–Crippen LogP) is 5.16. The number of benzene rings is 2. The summed E-state index contributed by atoms with van der Waals surface area (Å²) in [5.74, 6) is -0.117. The third-order valence-corrected chi connectivity index (χ3v) is 5.23. The number of carbonyl (C=O) groups excluding carboxylic acids is 1. The molecule has 1 aliphatic rings. The van der Waals surface area contributed by atoms with E-state index in [0.717, 1.165) is 17.7 Å². The van der Waals surface area contributed by atoms with Crippen LogP contribution in [0.5, 0.6) is 0 Å². The van der Waals surface area contributed by atoms with Crippen LogP contribution in [-0.4, -0.2) is 11.4 Å². The Kier molecular flexibility index (Phi) is 5.39. The highest BCUT2D eigenvalue weighted by molar-refractivity contribution is 8.05. The first-order valence-electron chi connectivity index (χ1n) is 7.55. The summed E-state index contributed by atoms with van der Waals surface area (Å²) in [6, 6.07) is 13.4. The average Bonchev–Trinajstić information content (AvgIpc) is 2.90. The molecule has 0 aliphatic carbocycles. The number of amides is 1. The summed E-state index contributed by atoms with van der Waals surface area (Å²) in [5, 5.41) is 7.30. The molecule has 124 valence electrons. The number of rotatable bonds is 4. The van der Waals surface area contributed by atoms with E-state index < -0.39 is 0 Å². The first-order chi connectivity index (χ1) is 11.5. The fourth-order valence-electron chi connectivity index (χ4n) is 2.31. The molecule has 0 bridgehead atoms. The largest absolute Gasteiger partial charge is 0.357 e. The number of nitrogens with one attached hydrogen (secondary N) is 2. The van der Waals surface area contributed by atoms with Crippen LogP contribution in [0.2, 0.25) is 10.0 Å². The van der Waals surface area contributed by atoms with Crippen molar-refractivity contribution in [2.45, 2.75) is 18.8 Å². The van der Waals surface area contributed by atoms with Gasteiger partial charge in [-0.3, -0.25) is 4.79 Å². The van der Waals surface area contributed by atoms with E-state index in [0.29, 0.717) is 15.0 Å². The summed E-state index contributed by atoms with van der Waals surface area (Å²) >= 11 is 13.5. The van der Waals surface area contributed by atoms with Gasteiger partial charge in [0.2, 0.25) is 0 Å². The number of anilines is 1. The molecule has 6 heteroatoms. The van der Waals surface area contributed by atoms with Crippen LogP contribution < -0.4 is 10.6 Å². The molecular weight excluding hydrogens is 363 g/mol. The molecule has 1 atom stereocenters. The highest BCUT2D eigenvalue weighted by Gasteiger charge is 2.27. The van der Waals surface area contributed by atoms with Gasteiger partial charge in [0.15, 0.2) is 5.50 Å². The Labute approximate surface area is 155 Å². The number of carbonyl (C=O) groups is 1. The smallest absolute Gasteiger partial charge is 0.260 e. The zero-order valence-electron chi connectivity index (χ0n) is 13.0. The van der Waals surface area contributed by atoms with Crippen molar-refractivity contribution in [1.82, 2.24) is 5.32 Å². The zero-order chi connectivity index (χ0) is 17.1. The molecule has 3 rings (SSSR count). The molecule has 0 radical (unpaired) electrons. The Morgan fingerprint density at radius 3 is 2.62 bits per heavy atom. The number of aryl methyl sites for hydroxylation is 1. The topological polar surface area (TPSA) is 41.1 Å². The van der Waals surface area contributed by atoms with Crippen LogP contribution >= 0.6 is 35.0 Å². The van der Waals surface area contributed by atoms with Crippen LogP contribution in [0.4, 0.5) is 5.69 Å². The lowest BCUT2D eigenvalue weighted by molar-refractivity contribution is -0.116. The standard InChI is InChI=1S/C18H16Cl2N2OS/c1-2-11-3-7-14(8-4-11)21-18-22-17(23)16(24-18)9-12-5-6-13(19)10-15(12)20/h3-10,18,21H,2H2,1H3,(H,22,23)/b16-9-. The van der Waals surface area contributed by atoms with Gasteiger partial charge in [-0.05, 0) is 47.9 Å². The van der Waals surface area contributed by atoms with Crippen molar-refractivity contribution in [3.8, 4) is 0 Å². The maximum atomic E-state index is 12.1. The molecule has 1 saturated heterocycles. The van der Waals surface area contributed by atoms with Gasteiger partial charge in [-0.2, -0.15) is 0 Å². The van der Waals surface area contributed by atoms with Crippen LogP contribution in [-0.2, 0) is 11.2 Å². The van der Waals surface area contributed by atoms with Crippen LogP contribution in [0.1, 0.15) is 18.1 Å². The lowest BCUT2D eigenvalue weighted by atomic mass is 10.1. The van der Waals surface area contributed by atoms with Crippen molar-refractivity contribution in [3.63, 3.8) is 0 Å². The molecule has 3 nitrogen and oxygen atoms in total. The molecule has 0 saturated carbocycles. The van der Waals surface area contributed by atoms with Gasteiger partial charge >= 0.3 is 0 Å². The molecule has 1 heterocycles. The van der Waals surface area contributed by atoms with Crippen molar-refractivity contribution in [2.75, 3.05) is 5.32 Å². The van der Waals surface area contributed by atoms with E-state index >= 15 is 0 Å². The maximum Gasteiger partial charge on any atom is 0.260 e. The normalized spacial score (nSPS) is 18.7. The van der Waals surface area contributed by atoms with Crippen LogP contribution in [0.25, 0.3) is 6.08 Å². The fraction of sp³-hybridized carbons (Fsp3) is 0.167. The van der Waals surface area contributed by atoms with Gasteiger partial charge < -0.3 is 10.6 Å². The van der Waals surface area contributed by atoms with E-state index in [4.69, 9.17) is 23.2 Å². The van der Waals surface area contributed by atoms with Gasteiger partial charge in [0.05, 0.1) is 4.91 Å². The molecule has 1 aliphatic heterocycles. The summed E-state index contributed by atoms with van der Waals surface area (Å²) in [6.07, 6.45) is 2.78. The van der Waals surface area contributed by atoms with Gasteiger partial charge in [-0.1, -0.05) is 60.1 Å². The van der Waals surface area contributed by atoms with Gasteiger partial charge in [0.25, 0.3) is 5.91 Å². The monoisotopic (exact) mass is 378 g/mol. The number of thioether (sulfide) groups is 1. The molecule has 0 aromatic heterocycles. The van der Waals surface area contributed by atoms with Gasteiger partial charge in [-0.25, -0.2) is 0 Å². The first kappa shape index (κ1) is 17.2. The van der Waals surface area contributed by atoms with Crippen LogP contribution in [0, 0.1) is 0 Å². The quantitative estimate of drug-likeness (QED) is 0.722. The van der Waals surface area contributed by atoms with Crippen molar-refractivity contribution in [2.24, 2.45) is 0 Å². The second-order valence-corrected chi connectivity index (χ2v) is 7.33. The average molecular weight is 379 g/mol. The SMILES string of the molecule is CCc1ccc(NC2NC(=O)/C(=C/c3ccc(Cl)cc3Cl)S2)cc1. The zero-order valence-corrected chi connectivity index (χ0v) is 15.3. The van der Waals surface area contributed by atoms with E-state index in [-0.39, 0.29) is 11.4 Å². The Morgan fingerprint density at radius 1 is 1.21 bits per heavy atom. The molecule has 1 amide bonds. The van der Waals surface area contributed by atoms with E-state index in [1.165, 1.54) is 17.3 Å². The van der Waals surface area contributed by atoms with Crippen molar-refractivity contribution < 1.29 is 4.79 Å².